The molecule has 3 heterocycles. The number of fused-ring (bicyclic) bond motifs is 1. The molecular weight excluding hydrogens is 488 g/mol. The van der Waals surface area contributed by atoms with E-state index < -0.39 is 11.8 Å². The van der Waals surface area contributed by atoms with Gasteiger partial charge in [0.2, 0.25) is 0 Å². The topological polar surface area (TPSA) is 76.2 Å². The lowest BCUT2D eigenvalue weighted by atomic mass is 9.83. The summed E-state index contributed by atoms with van der Waals surface area (Å²) in [5.74, 6) is -2.64. The van der Waals surface area contributed by atoms with Gasteiger partial charge in [0.15, 0.2) is 0 Å². The van der Waals surface area contributed by atoms with Crippen LogP contribution in [-0.4, -0.2) is 51.4 Å². The maximum Gasteiger partial charge on any atom is 0.280 e. The van der Waals surface area contributed by atoms with E-state index in [-0.39, 0.29) is 23.4 Å². The number of likely N-dealkylation sites (tertiary alicyclic amines) is 1. The molecule has 0 unspecified atom stereocenters. The molecule has 9 heteroatoms. The van der Waals surface area contributed by atoms with Gasteiger partial charge in [-0.3, -0.25) is 9.48 Å². The van der Waals surface area contributed by atoms with Crippen LogP contribution in [-0.2, 0) is 13.0 Å². The normalized spacial score (nSPS) is 23.7. The number of carbonyl (C=O) groups is 1. The molecule has 7 nitrogen and oxygen atoms in total. The van der Waals surface area contributed by atoms with Crippen molar-refractivity contribution in [1.29, 1.82) is 0 Å². The molecule has 0 radical (unpaired) electrons. The second-order valence-corrected chi connectivity index (χ2v) is 11.6. The molecule has 2 aromatic heterocycles. The van der Waals surface area contributed by atoms with E-state index in [1.54, 1.807) is 4.68 Å². The molecule has 1 saturated heterocycles. The first-order valence-electron chi connectivity index (χ1n) is 14.2. The van der Waals surface area contributed by atoms with E-state index in [1.165, 1.54) is 6.26 Å². The highest BCUT2D eigenvalue weighted by Gasteiger charge is 2.51. The number of piperidine rings is 1. The molecule has 38 heavy (non-hydrogen) atoms. The van der Waals surface area contributed by atoms with Gasteiger partial charge in [0.05, 0.1) is 22.3 Å². The van der Waals surface area contributed by atoms with Crippen molar-refractivity contribution in [2.75, 3.05) is 19.6 Å². The van der Waals surface area contributed by atoms with Crippen molar-refractivity contribution in [3.63, 3.8) is 0 Å². The summed E-state index contributed by atoms with van der Waals surface area (Å²) in [5.41, 5.74) is 2.04. The average Bonchev–Trinajstić information content (AvgIpc) is 3.54. The van der Waals surface area contributed by atoms with Crippen LogP contribution in [0.2, 0.25) is 0 Å². The Hall–Kier alpha value is -2.81. The minimum atomic E-state index is -2.81. The molecule has 0 bridgehead atoms. The highest BCUT2D eigenvalue weighted by atomic mass is 19.3. The minimum absolute atomic E-state index is 0.0138. The molecule has 0 spiro atoms. The van der Waals surface area contributed by atoms with Crippen LogP contribution in [0.25, 0.3) is 10.9 Å². The quantitative estimate of drug-likeness (QED) is 0.413. The zero-order valence-corrected chi connectivity index (χ0v) is 22.0. The lowest BCUT2D eigenvalue weighted by Gasteiger charge is -2.34. The third-order valence-corrected chi connectivity index (χ3v) is 8.97. The number of carbonyl (C=O) groups excluding carboxylic acids is 1. The number of benzene rings is 1. The van der Waals surface area contributed by atoms with Crippen molar-refractivity contribution in [2.24, 2.45) is 18.9 Å². The predicted octanol–water partition coefficient (Wildman–Crippen LogP) is 5.62. The third kappa shape index (κ3) is 5.22. The number of alkyl halides is 2. The van der Waals surface area contributed by atoms with Gasteiger partial charge in [-0.1, -0.05) is 11.2 Å². The number of hydrogen-bond acceptors (Lipinski definition) is 5. The maximum atomic E-state index is 14.7. The first-order chi connectivity index (χ1) is 18.4. The van der Waals surface area contributed by atoms with Crippen molar-refractivity contribution in [3.05, 3.63) is 47.5 Å². The second-order valence-electron chi connectivity index (χ2n) is 11.6. The first-order valence-corrected chi connectivity index (χ1v) is 14.2. The molecule has 2 saturated carbocycles. The number of aromatic nitrogens is 3. The molecule has 1 aromatic carbocycles. The smallest absolute Gasteiger partial charge is 0.280 e. The summed E-state index contributed by atoms with van der Waals surface area (Å²) in [6.45, 7) is 2.87. The molecule has 2 aliphatic carbocycles. The lowest BCUT2D eigenvalue weighted by molar-refractivity contribution is -0.0303. The van der Waals surface area contributed by atoms with Crippen LogP contribution >= 0.6 is 0 Å². The monoisotopic (exact) mass is 525 g/mol. The summed E-state index contributed by atoms with van der Waals surface area (Å²) < 4.78 is 36.2. The van der Waals surface area contributed by atoms with E-state index in [0.29, 0.717) is 30.0 Å². The largest absolute Gasteiger partial charge is 0.364 e. The van der Waals surface area contributed by atoms with E-state index in [4.69, 9.17) is 4.52 Å². The van der Waals surface area contributed by atoms with Crippen LogP contribution < -0.4 is 5.32 Å². The van der Waals surface area contributed by atoms with Gasteiger partial charge in [-0.15, -0.1) is 0 Å². The lowest BCUT2D eigenvalue weighted by Crippen LogP contribution is -2.39. The van der Waals surface area contributed by atoms with Crippen molar-refractivity contribution in [1.82, 2.24) is 25.2 Å². The van der Waals surface area contributed by atoms with Crippen molar-refractivity contribution < 1.29 is 18.1 Å². The molecule has 3 aromatic rings. The van der Waals surface area contributed by atoms with Crippen molar-refractivity contribution in [3.8, 4) is 0 Å². The number of rotatable bonds is 8. The Kier molecular flexibility index (Phi) is 6.97. The molecule has 1 N–H and O–H groups in total. The fraction of sp³-hybridized carbons (Fsp3) is 0.621. The minimum Gasteiger partial charge on any atom is -0.364 e. The number of halogens is 2. The van der Waals surface area contributed by atoms with Gasteiger partial charge in [0, 0.05) is 36.5 Å². The van der Waals surface area contributed by atoms with Crippen LogP contribution in [0, 0.1) is 11.8 Å². The van der Waals surface area contributed by atoms with E-state index in [9.17, 15) is 13.6 Å². The molecular formula is C29H37F2N5O2. The molecule has 3 fully saturated rings. The van der Waals surface area contributed by atoms with Crippen LogP contribution in [0.3, 0.4) is 0 Å². The average molecular weight is 526 g/mol. The van der Waals surface area contributed by atoms with E-state index in [1.807, 2.05) is 31.4 Å². The van der Waals surface area contributed by atoms with Gasteiger partial charge < -0.3 is 14.7 Å². The third-order valence-electron chi connectivity index (χ3n) is 8.97. The summed E-state index contributed by atoms with van der Waals surface area (Å²) in [5, 5.41) is 12.6. The second kappa shape index (κ2) is 10.4. The summed E-state index contributed by atoms with van der Waals surface area (Å²) in [7, 11) is 1.87. The number of nitrogens with one attached hydrogen (secondary N) is 1. The first kappa shape index (κ1) is 25.5. The molecule has 6 rings (SSSR count). The Balaban J connectivity index is 0.938. The molecule has 1 amide bonds. The Morgan fingerprint density at radius 2 is 1.87 bits per heavy atom. The Labute approximate surface area is 221 Å². The maximum absolute atomic E-state index is 14.7. The van der Waals surface area contributed by atoms with Crippen molar-refractivity contribution >= 4 is 16.8 Å². The summed E-state index contributed by atoms with van der Waals surface area (Å²) in [6.07, 6.45) is 11.4. The zero-order valence-electron chi connectivity index (χ0n) is 22.0. The van der Waals surface area contributed by atoms with Gasteiger partial charge in [0.25, 0.3) is 11.8 Å². The van der Waals surface area contributed by atoms with E-state index in [0.717, 1.165) is 75.5 Å². The van der Waals surface area contributed by atoms with Gasteiger partial charge in [-0.05, 0) is 95.5 Å². The van der Waals surface area contributed by atoms with E-state index in [2.05, 4.69) is 20.5 Å². The Bertz CT molecular complexity index is 1270. The fourth-order valence-electron chi connectivity index (χ4n) is 6.47. The number of hydrogen-bond donors (Lipinski definition) is 1. The Morgan fingerprint density at radius 1 is 1.11 bits per heavy atom. The van der Waals surface area contributed by atoms with Gasteiger partial charge in [0.1, 0.15) is 6.26 Å². The van der Waals surface area contributed by atoms with Gasteiger partial charge >= 0.3 is 0 Å². The van der Waals surface area contributed by atoms with Crippen LogP contribution in [0.15, 0.2) is 35.2 Å². The van der Waals surface area contributed by atoms with Gasteiger partial charge in [-0.25, -0.2) is 8.78 Å². The highest BCUT2D eigenvalue weighted by molar-refractivity contribution is 6.06. The van der Waals surface area contributed by atoms with Crippen LogP contribution in [0.1, 0.15) is 85.3 Å². The highest BCUT2D eigenvalue weighted by Crippen LogP contribution is 2.51. The molecule has 1 aliphatic heterocycles. The van der Waals surface area contributed by atoms with Crippen LogP contribution in [0.5, 0.6) is 0 Å². The van der Waals surface area contributed by atoms with Crippen molar-refractivity contribution in [2.45, 2.75) is 75.7 Å². The van der Waals surface area contributed by atoms with Gasteiger partial charge in [-0.2, -0.15) is 5.10 Å². The number of nitrogens with zero attached hydrogens (tertiary/aromatic N) is 4. The molecule has 3 aliphatic rings. The SMILES string of the molecule is Cn1cc2c(C(=O)N[C@H]3CC[C@H](CCN4CCC(c5nocc5C(F)(F)C5CC5)CC4)CC3)cccc2n1. The van der Waals surface area contributed by atoms with Crippen LogP contribution in [0.4, 0.5) is 8.78 Å². The number of amides is 1. The zero-order chi connectivity index (χ0) is 26.3. The Morgan fingerprint density at radius 3 is 2.61 bits per heavy atom. The predicted molar refractivity (Wildman–Crippen MR) is 140 cm³/mol. The molecule has 204 valence electrons. The summed E-state index contributed by atoms with van der Waals surface area (Å²) in [6, 6.07) is 5.90. The standard InChI is InChI=1S/C29H37F2N5O2/c1-35-17-24-23(3-2-4-26(24)33-35)28(37)32-22-9-5-19(6-10-22)11-14-36-15-12-20(13-16-36)27-25(18-38-34-27)29(30,31)21-7-8-21/h2-4,17-22H,5-16H2,1H3,(H,32,37)/t19-,22-. The number of aryl methyl sites for hydroxylation is 1. The summed E-state index contributed by atoms with van der Waals surface area (Å²) >= 11 is 0. The van der Waals surface area contributed by atoms with E-state index >= 15 is 0 Å². The molecule has 0 atom stereocenters. The fourth-order valence-corrected chi connectivity index (χ4v) is 6.47. The summed E-state index contributed by atoms with van der Waals surface area (Å²) in [4.78, 5) is 15.4.